The number of hydrogen-bond donors (Lipinski definition) is 2. The summed E-state index contributed by atoms with van der Waals surface area (Å²) in [5.41, 5.74) is 6.69. The van der Waals surface area contributed by atoms with E-state index in [0.717, 1.165) is 12.8 Å². The number of aromatic hydroxyl groups is 1. The first-order valence-corrected chi connectivity index (χ1v) is 6.39. The van der Waals surface area contributed by atoms with E-state index in [0.29, 0.717) is 30.8 Å². The highest BCUT2D eigenvalue weighted by Crippen LogP contribution is 2.21. The Morgan fingerprint density at radius 1 is 1.39 bits per heavy atom. The van der Waals surface area contributed by atoms with Crippen molar-refractivity contribution < 1.29 is 9.90 Å². The number of hydrogen-bond acceptors (Lipinski definition) is 3. The fourth-order valence-electron chi connectivity index (χ4n) is 1.89. The molecule has 0 saturated heterocycles. The van der Waals surface area contributed by atoms with E-state index in [9.17, 15) is 9.90 Å². The molecule has 18 heavy (non-hydrogen) atoms. The third kappa shape index (κ3) is 3.47. The molecule has 0 bridgehead atoms. The number of nitrogens with zero attached hydrogens (tertiary/aromatic N) is 1. The Labute approximate surface area is 108 Å². The van der Waals surface area contributed by atoms with Crippen LogP contribution >= 0.6 is 0 Å². The van der Waals surface area contributed by atoms with Crippen LogP contribution in [0.25, 0.3) is 0 Å². The van der Waals surface area contributed by atoms with E-state index in [4.69, 9.17) is 5.73 Å². The summed E-state index contributed by atoms with van der Waals surface area (Å²) in [6.45, 7) is 5.76. The number of benzene rings is 1. The molecule has 100 valence electrons. The van der Waals surface area contributed by atoms with Crippen molar-refractivity contribution in [2.75, 3.05) is 19.6 Å². The Hall–Kier alpha value is -1.55. The average molecular weight is 250 g/mol. The van der Waals surface area contributed by atoms with Gasteiger partial charge in [-0.2, -0.15) is 0 Å². The molecule has 0 radical (unpaired) electrons. The van der Waals surface area contributed by atoms with Crippen LogP contribution in [0.15, 0.2) is 18.2 Å². The van der Waals surface area contributed by atoms with Crippen molar-refractivity contribution in [3.05, 3.63) is 29.3 Å². The normalized spacial score (nSPS) is 10.4. The van der Waals surface area contributed by atoms with Crippen LogP contribution in [0.3, 0.4) is 0 Å². The molecule has 1 aromatic carbocycles. The molecule has 0 aliphatic heterocycles. The standard InChI is InChI=1S/C14H22N2O2/c1-3-9-16(10-5-8-15)14(18)12-6-4-7-13(17)11(12)2/h4,6-7,17H,3,5,8-10,15H2,1-2H3. The molecule has 0 fully saturated rings. The fraction of sp³-hybridized carbons (Fsp3) is 0.500. The van der Waals surface area contributed by atoms with Gasteiger partial charge in [-0.3, -0.25) is 4.79 Å². The summed E-state index contributed by atoms with van der Waals surface area (Å²) in [4.78, 5) is 14.2. The Balaban J connectivity index is 2.90. The van der Waals surface area contributed by atoms with Crippen LogP contribution in [0.5, 0.6) is 5.75 Å². The highest BCUT2D eigenvalue weighted by atomic mass is 16.3. The van der Waals surface area contributed by atoms with Crippen LogP contribution in [0.4, 0.5) is 0 Å². The maximum atomic E-state index is 12.4. The van der Waals surface area contributed by atoms with Crippen molar-refractivity contribution in [3.63, 3.8) is 0 Å². The number of phenolic OH excluding ortho intramolecular Hbond substituents is 1. The molecule has 0 unspecified atom stereocenters. The van der Waals surface area contributed by atoms with E-state index in [1.807, 2.05) is 6.92 Å². The Kier molecular flexibility index (Phi) is 5.65. The molecular weight excluding hydrogens is 228 g/mol. The SMILES string of the molecule is CCCN(CCCN)C(=O)c1cccc(O)c1C. The second-order valence-electron chi connectivity index (χ2n) is 4.38. The molecule has 0 saturated carbocycles. The molecule has 1 aromatic rings. The zero-order chi connectivity index (χ0) is 13.5. The predicted molar refractivity (Wildman–Crippen MR) is 72.7 cm³/mol. The third-order valence-electron chi connectivity index (χ3n) is 2.95. The lowest BCUT2D eigenvalue weighted by Gasteiger charge is -2.23. The van der Waals surface area contributed by atoms with Crippen molar-refractivity contribution in [2.45, 2.75) is 26.7 Å². The number of amides is 1. The van der Waals surface area contributed by atoms with Gasteiger partial charge in [0.25, 0.3) is 5.91 Å². The summed E-state index contributed by atoms with van der Waals surface area (Å²) in [7, 11) is 0. The Morgan fingerprint density at radius 3 is 2.72 bits per heavy atom. The third-order valence-corrected chi connectivity index (χ3v) is 2.95. The molecule has 0 aromatic heterocycles. The lowest BCUT2D eigenvalue weighted by molar-refractivity contribution is 0.0753. The van der Waals surface area contributed by atoms with Gasteiger partial charge >= 0.3 is 0 Å². The molecule has 0 spiro atoms. The monoisotopic (exact) mass is 250 g/mol. The lowest BCUT2D eigenvalue weighted by Crippen LogP contribution is -2.34. The summed E-state index contributed by atoms with van der Waals surface area (Å²) in [5, 5.41) is 9.65. The van der Waals surface area contributed by atoms with Gasteiger partial charge in [0.05, 0.1) is 0 Å². The van der Waals surface area contributed by atoms with Gasteiger partial charge in [0, 0.05) is 24.2 Å². The summed E-state index contributed by atoms with van der Waals surface area (Å²) < 4.78 is 0. The van der Waals surface area contributed by atoms with Gasteiger partial charge in [-0.1, -0.05) is 13.0 Å². The number of phenols is 1. The van der Waals surface area contributed by atoms with Crippen molar-refractivity contribution >= 4 is 5.91 Å². The number of carbonyl (C=O) groups is 1. The van der Waals surface area contributed by atoms with Crippen molar-refractivity contribution in [3.8, 4) is 5.75 Å². The molecule has 0 aliphatic carbocycles. The van der Waals surface area contributed by atoms with Gasteiger partial charge in [0.1, 0.15) is 5.75 Å². The Morgan fingerprint density at radius 2 is 2.11 bits per heavy atom. The van der Waals surface area contributed by atoms with Gasteiger partial charge in [-0.05, 0) is 38.4 Å². The molecule has 0 atom stereocenters. The van der Waals surface area contributed by atoms with Gasteiger partial charge in [-0.25, -0.2) is 0 Å². The highest BCUT2D eigenvalue weighted by Gasteiger charge is 2.17. The Bertz CT molecular complexity index is 405. The molecule has 1 amide bonds. The van der Waals surface area contributed by atoms with E-state index in [1.54, 1.807) is 30.0 Å². The van der Waals surface area contributed by atoms with Crippen LogP contribution in [0.2, 0.25) is 0 Å². The molecule has 0 heterocycles. The first-order valence-electron chi connectivity index (χ1n) is 6.39. The van der Waals surface area contributed by atoms with Crippen LogP contribution in [0, 0.1) is 6.92 Å². The molecule has 4 nitrogen and oxygen atoms in total. The zero-order valence-electron chi connectivity index (χ0n) is 11.1. The smallest absolute Gasteiger partial charge is 0.254 e. The average Bonchev–Trinajstić information content (AvgIpc) is 2.37. The first-order chi connectivity index (χ1) is 8.61. The van der Waals surface area contributed by atoms with Gasteiger partial charge in [0.2, 0.25) is 0 Å². The minimum atomic E-state index is -0.0290. The fourth-order valence-corrected chi connectivity index (χ4v) is 1.89. The summed E-state index contributed by atoms with van der Waals surface area (Å²) in [5.74, 6) is 0.134. The molecule has 1 rings (SSSR count). The summed E-state index contributed by atoms with van der Waals surface area (Å²) >= 11 is 0. The van der Waals surface area contributed by atoms with E-state index in [-0.39, 0.29) is 11.7 Å². The summed E-state index contributed by atoms with van der Waals surface area (Å²) in [6.07, 6.45) is 1.71. The topological polar surface area (TPSA) is 66.6 Å². The van der Waals surface area contributed by atoms with Crippen molar-refractivity contribution in [2.24, 2.45) is 5.73 Å². The minimum absolute atomic E-state index is 0.0290. The molecule has 3 N–H and O–H groups in total. The minimum Gasteiger partial charge on any atom is -0.508 e. The predicted octanol–water partition coefficient (Wildman–Crippen LogP) is 1.90. The molecular formula is C14H22N2O2. The molecule has 0 aliphatic rings. The van der Waals surface area contributed by atoms with Gasteiger partial charge < -0.3 is 15.7 Å². The van der Waals surface area contributed by atoms with E-state index in [2.05, 4.69) is 0 Å². The van der Waals surface area contributed by atoms with E-state index < -0.39 is 0 Å². The largest absolute Gasteiger partial charge is 0.508 e. The number of rotatable bonds is 6. The quantitative estimate of drug-likeness (QED) is 0.810. The van der Waals surface area contributed by atoms with Crippen LogP contribution < -0.4 is 5.73 Å². The van der Waals surface area contributed by atoms with Crippen LogP contribution in [0.1, 0.15) is 35.7 Å². The highest BCUT2D eigenvalue weighted by molar-refractivity contribution is 5.96. The van der Waals surface area contributed by atoms with E-state index >= 15 is 0 Å². The second kappa shape index (κ2) is 7.01. The van der Waals surface area contributed by atoms with E-state index in [1.165, 1.54) is 0 Å². The van der Waals surface area contributed by atoms with Crippen molar-refractivity contribution in [1.82, 2.24) is 4.90 Å². The maximum absolute atomic E-state index is 12.4. The van der Waals surface area contributed by atoms with Gasteiger partial charge in [0.15, 0.2) is 0 Å². The molecule has 4 heteroatoms. The van der Waals surface area contributed by atoms with Crippen LogP contribution in [-0.2, 0) is 0 Å². The van der Waals surface area contributed by atoms with Crippen LogP contribution in [-0.4, -0.2) is 35.5 Å². The number of carbonyl (C=O) groups excluding carboxylic acids is 1. The maximum Gasteiger partial charge on any atom is 0.254 e. The lowest BCUT2D eigenvalue weighted by atomic mass is 10.1. The van der Waals surface area contributed by atoms with Gasteiger partial charge in [-0.15, -0.1) is 0 Å². The van der Waals surface area contributed by atoms with Crippen molar-refractivity contribution in [1.29, 1.82) is 0 Å². The second-order valence-corrected chi connectivity index (χ2v) is 4.38. The zero-order valence-corrected chi connectivity index (χ0v) is 11.1. The number of nitrogens with two attached hydrogens (primary N) is 1. The first kappa shape index (κ1) is 14.5. The summed E-state index contributed by atoms with van der Waals surface area (Å²) in [6, 6.07) is 5.04.